The maximum Gasteiger partial charge on any atom is 0.268 e. The second-order valence-corrected chi connectivity index (χ2v) is 20.3. The largest absolute Gasteiger partial charge is 0.756 e. The molecule has 0 spiro atoms. The summed E-state index contributed by atoms with van der Waals surface area (Å²) in [4.78, 5) is 25.4. The average molecular weight is 917 g/mol. The number of aliphatic hydroxyl groups is 1. The summed E-state index contributed by atoms with van der Waals surface area (Å²) in [6.07, 6.45) is 62.5. The van der Waals surface area contributed by atoms with E-state index in [1.807, 2.05) is 27.2 Å². The summed E-state index contributed by atoms with van der Waals surface area (Å²) in [6, 6.07) is -0.917. The first-order valence-corrected chi connectivity index (χ1v) is 27.8. The van der Waals surface area contributed by atoms with Crippen LogP contribution < -0.4 is 10.2 Å². The number of quaternary nitrogens is 1. The smallest absolute Gasteiger partial charge is 0.268 e. The van der Waals surface area contributed by atoms with E-state index in [0.29, 0.717) is 17.4 Å². The number of hydrogen-bond acceptors (Lipinski definition) is 6. The summed E-state index contributed by atoms with van der Waals surface area (Å²) in [6.45, 7) is 4.60. The van der Waals surface area contributed by atoms with Crippen molar-refractivity contribution in [3.63, 3.8) is 0 Å². The minimum absolute atomic E-state index is 0.0136. The summed E-state index contributed by atoms with van der Waals surface area (Å²) in [7, 11) is 1.22. The number of phosphoric acid groups is 1. The Morgan fingerprint density at radius 3 is 1.38 bits per heavy atom. The van der Waals surface area contributed by atoms with Crippen molar-refractivity contribution in [2.75, 3.05) is 40.9 Å². The third-order valence-electron chi connectivity index (χ3n) is 11.4. The highest BCUT2D eigenvalue weighted by molar-refractivity contribution is 7.45. The summed E-state index contributed by atoms with van der Waals surface area (Å²) in [5.74, 6) is -0.221. The molecule has 9 heteroatoms. The highest BCUT2D eigenvalue weighted by atomic mass is 31.2. The summed E-state index contributed by atoms with van der Waals surface area (Å²) >= 11 is 0. The zero-order chi connectivity index (χ0) is 47.1. The number of likely N-dealkylation sites (N-methyl/N-ethyl adjacent to an activating group) is 1. The second-order valence-electron chi connectivity index (χ2n) is 18.9. The molecule has 0 aromatic rings. The van der Waals surface area contributed by atoms with Crippen molar-refractivity contribution in [2.45, 2.75) is 231 Å². The van der Waals surface area contributed by atoms with E-state index in [1.165, 1.54) is 128 Å². The number of rotatable bonds is 47. The van der Waals surface area contributed by atoms with Crippen LogP contribution in [0.2, 0.25) is 0 Å². The lowest BCUT2D eigenvalue weighted by atomic mass is 10.1. The third-order valence-corrected chi connectivity index (χ3v) is 12.3. The molecular formula is C55H101N2O6P. The Hall–Kier alpha value is -2.06. The van der Waals surface area contributed by atoms with Gasteiger partial charge in [-0.25, -0.2) is 0 Å². The lowest BCUT2D eigenvalue weighted by Crippen LogP contribution is -2.45. The predicted molar refractivity (Wildman–Crippen MR) is 274 cm³/mol. The molecule has 0 aromatic heterocycles. The van der Waals surface area contributed by atoms with Crippen molar-refractivity contribution in [1.82, 2.24) is 5.32 Å². The first-order chi connectivity index (χ1) is 31.0. The van der Waals surface area contributed by atoms with Crippen LogP contribution in [0.1, 0.15) is 219 Å². The molecule has 0 saturated heterocycles. The van der Waals surface area contributed by atoms with Gasteiger partial charge in [0, 0.05) is 6.42 Å². The average Bonchev–Trinajstić information content (AvgIpc) is 3.25. The van der Waals surface area contributed by atoms with Crippen molar-refractivity contribution in [3.05, 3.63) is 72.9 Å². The molecule has 0 fully saturated rings. The van der Waals surface area contributed by atoms with Gasteiger partial charge in [-0.1, -0.05) is 202 Å². The molecule has 2 N–H and O–H groups in total. The van der Waals surface area contributed by atoms with Gasteiger partial charge in [-0.05, 0) is 83.5 Å². The lowest BCUT2D eigenvalue weighted by Gasteiger charge is -2.29. The number of nitrogens with zero attached hydrogens (tertiary/aromatic N) is 1. The Morgan fingerprint density at radius 1 is 0.547 bits per heavy atom. The molecule has 3 unspecified atom stereocenters. The Bertz CT molecular complexity index is 1270. The SMILES string of the molecule is CCCCCCC/C=C\C/C=C\C/C=C\CCCCCCCCCCC(=O)NC(COP(=O)([O-])OCC[N+](C)(C)C)C(O)/C=C/CC/C=C/CC/C=C/CCCCCCCCCCC. The van der Waals surface area contributed by atoms with Crippen molar-refractivity contribution in [1.29, 1.82) is 0 Å². The van der Waals surface area contributed by atoms with Gasteiger partial charge in [0.1, 0.15) is 13.2 Å². The van der Waals surface area contributed by atoms with Gasteiger partial charge in [-0.15, -0.1) is 0 Å². The molecule has 3 atom stereocenters. The van der Waals surface area contributed by atoms with Gasteiger partial charge in [0.15, 0.2) is 0 Å². The molecular weight excluding hydrogens is 816 g/mol. The molecule has 372 valence electrons. The molecule has 0 bridgehead atoms. The monoisotopic (exact) mass is 917 g/mol. The third kappa shape index (κ3) is 47.9. The first kappa shape index (κ1) is 61.9. The number of phosphoric ester groups is 1. The molecule has 0 aliphatic rings. The van der Waals surface area contributed by atoms with Crippen LogP contribution in [0.4, 0.5) is 0 Å². The van der Waals surface area contributed by atoms with Crippen LogP contribution in [0.5, 0.6) is 0 Å². The predicted octanol–water partition coefficient (Wildman–Crippen LogP) is 14.9. The Balaban J connectivity index is 4.39. The van der Waals surface area contributed by atoms with Crippen LogP contribution >= 0.6 is 7.82 Å². The number of nitrogens with one attached hydrogen (secondary N) is 1. The number of allylic oxidation sites excluding steroid dienone is 11. The van der Waals surface area contributed by atoms with E-state index in [-0.39, 0.29) is 12.5 Å². The molecule has 0 heterocycles. The molecule has 1 amide bonds. The highest BCUT2D eigenvalue weighted by Crippen LogP contribution is 2.38. The van der Waals surface area contributed by atoms with Crippen LogP contribution in [-0.4, -0.2) is 68.5 Å². The maximum absolute atomic E-state index is 12.9. The van der Waals surface area contributed by atoms with Crippen LogP contribution in [-0.2, 0) is 18.4 Å². The fraction of sp³-hybridized carbons (Fsp3) is 0.764. The quantitative estimate of drug-likeness (QED) is 0.0272. The Kier molecular flexibility index (Phi) is 44.6. The first-order valence-electron chi connectivity index (χ1n) is 26.3. The standard InChI is InChI=1S/C55H101N2O6P/c1-6-8-10-12-14-16-18-20-22-24-26-27-28-29-31-33-35-37-39-41-43-45-47-49-55(59)56-53(52-63-64(60,61)62-51-50-57(3,4)5)54(58)48-46-44-42-40-38-36-34-32-30-25-23-21-19-17-15-13-11-9-7-2/h18,20,24,26,28-30,32,38,40,46,48,53-54,58H,6-17,19,21-23,25,27,31,33-37,39,41-45,47,49-52H2,1-5H3,(H-,56,59,60,61)/b20-18-,26-24-,29-28-,32-30+,40-38+,48-46+. The molecule has 0 aromatic carbocycles. The second kappa shape index (κ2) is 46.1. The highest BCUT2D eigenvalue weighted by Gasteiger charge is 2.23. The fourth-order valence-corrected chi connectivity index (χ4v) is 7.91. The zero-order valence-electron chi connectivity index (χ0n) is 42.2. The van der Waals surface area contributed by atoms with E-state index in [9.17, 15) is 19.4 Å². The van der Waals surface area contributed by atoms with Crippen molar-refractivity contribution in [3.8, 4) is 0 Å². The van der Waals surface area contributed by atoms with Gasteiger partial charge in [-0.2, -0.15) is 0 Å². The van der Waals surface area contributed by atoms with Gasteiger partial charge in [0.25, 0.3) is 7.82 Å². The van der Waals surface area contributed by atoms with E-state index in [1.54, 1.807) is 6.08 Å². The Labute approximate surface area is 395 Å². The number of hydrogen-bond donors (Lipinski definition) is 2. The Morgan fingerprint density at radius 2 is 0.922 bits per heavy atom. The van der Waals surface area contributed by atoms with Crippen LogP contribution in [0.15, 0.2) is 72.9 Å². The number of carbonyl (C=O) groups excluding carboxylic acids is 1. The summed E-state index contributed by atoms with van der Waals surface area (Å²) < 4.78 is 23.3. The van der Waals surface area contributed by atoms with Crippen molar-refractivity contribution >= 4 is 13.7 Å². The van der Waals surface area contributed by atoms with Gasteiger partial charge in [0.2, 0.25) is 5.91 Å². The minimum Gasteiger partial charge on any atom is -0.756 e. The van der Waals surface area contributed by atoms with Crippen LogP contribution in [0.3, 0.4) is 0 Å². The van der Waals surface area contributed by atoms with Gasteiger partial charge in [0.05, 0.1) is 39.9 Å². The van der Waals surface area contributed by atoms with E-state index < -0.39 is 26.6 Å². The van der Waals surface area contributed by atoms with Crippen LogP contribution in [0, 0.1) is 0 Å². The van der Waals surface area contributed by atoms with E-state index in [0.717, 1.165) is 70.6 Å². The molecule has 0 aliphatic carbocycles. The van der Waals surface area contributed by atoms with E-state index in [4.69, 9.17) is 9.05 Å². The normalized spacial score (nSPS) is 14.7. The molecule has 0 aliphatic heterocycles. The van der Waals surface area contributed by atoms with E-state index >= 15 is 0 Å². The van der Waals surface area contributed by atoms with E-state index in [2.05, 4.69) is 79.9 Å². The number of amides is 1. The van der Waals surface area contributed by atoms with Crippen molar-refractivity contribution in [2.24, 2.45) is 0 Å². The maximum atomic E-state index is 12.9. The fourth-order valence-electron chi connectivity index (χ4n) is 7.19. The van der Waals surface area contributed by atoms with Gasteiger partial charge < -0.3 is 28.8 Å². The lowest BCUT2D eigenvalue weighted by molar-refractivity contribution is -0.870. The summed E-state index contributed by atoms with van der Waals surface area (Å²) in [5.41, 5.74) is 0. The zero-order valence-corrected chi connectivity index (χ0v) is 43.1. The number of aliphatic hydroxyl groups excluding tert-OH is 1. The number of carbonyl (C=O) groups is 1. The molecule has 0 rings (SSSR count). The molecule has 0 saturated carbocycles. The summed E-state index contributed by atoms with van der Waals surface area (Å²) in [5, 5.41) is 13.8. The number of unbranched alkanes of at least 4 members (excludes halogenated alkanes) is 24. The van der Waals surface area contributed by atoms with Crippen LogP contribution in [0.25, 0.3) is 0 Å². The molecule has 8 nitrogen and oxygen atoms in total. The van der Waals surface area contributed by atoms with Gasteiger partial charge >= 0.3 is 0 Å². The topological polar surface area (TPSA) is 108 Å². The molecule has 0 radical (unpaired) electrons. The minimum atomic E-state index is -4.61. The van der Waals surface area contributed by atoms with Gasteiger partial charge in [-0.3, -0.25) is 9.36 Å². The van der Waals surface area contributed by atoms with Crippen molar-refractivity contribution < 1.29 is 32.9 Å². The molecule has 64 heavy (non-hydrogen) atoms.